The molecule has 94 valence electrons. The third kappa shape index (κ3) is 2.84. The van der Waals surface area contributed by atoms with E-state index in [0.717, 1.165) is 33.0 Å². The number of thiol groups is 1. The van der Waals surface area contributed by atoms with Gasteiger partial charge in [-0.25, -0.2) is 9.97 Å². The highest BCUT2D eigenvalue weighted by atomic mass is 79.9. The van der Waals surface area contributed by atoms with Crippen LogP contribution >= 0.6 is 28.6 Å². The molecule has 2 rings (SSSR count). The van der Waals surface area contributed by atoms with Crippen molar-refractivity contribution in [1.29, 1.82) is 0 Å². The van der Waals surface area contributed by atoms with Gasteiger partial charge in [0.2, 0.25) is 0 Å². The summed E-state index contributed by atoms with van der Waals surface area (Å²) in [6.07, 6.45) is 0. The number of rotatable bonds is 3. The fourth-order valence-corrected chi connectivity index (χ4v) is 2.36. The van der Waals surface area contributed by atoms with Crippen molar-refractivity contribution >= 4 is 28.6 Å². The number of methoxy groups -OCH3 is 1. The number of hydrogen-bond acceptors (Lipinski definition) is 4. The second-order valence-corrected chi connectivity index (χ2v) is 4.99. The minimum Gasteiger partial charge on any atom is -0.496 e. The van der Waals surface area contributed by atoms with Crippen molar-refractivity contribution in [2.45, 2.75) is 12.7 Å². The molecule has 0 bridgehead atoms. The first-order valence-electron chi connectivity index (χ1n) is 5.43. The van der Waals surface area contributed by atoms with Crippen LogP contribution in [0.15, 0.2) is 28.7 Å². The van der Waals surface area contributed by atoms with Gasteiger partial charge in [-0.2, -0.15) is 12.6 Å². The predicted octanol–water partition coefficient (Wildman–Crippen LogP) is 3.65. The average Bonchev–Trinajstić information content (AvgIpc) is 2.37. The molecule has 0 amide bonds. The van der Waals surface area contributed by atoms with Crippen LogP contribution in [0.2, 0.25) is 0 Å². The molecule has 0 unspecified atom stereocenters. The summed E-state index contributed by atoms with van der Waals surface area (Å²) in [7, 11) is 1.65. The van der Waals surface area contributed by atoms with Crippen LogP contribution in [0.1, 0.15) is 11.5 Å². The SMILES string of the molecule is COc1ccc(-c2cc(C)nc(CS)n2)cc1Br. The minimum absolute atomic E-state index is 0.534. The van der Waals surface area contributed by atoms with Crippen LogP contribution in [0.5, 0.6) is 5.75 Å². The molecular weight excluding hydrogens is 312 g/mol. The van der Waals surface area contributed by atoms with E-state index in [0.29, 0.717) is 5.75 Å². The zero-order chi connectivity index (χ0) is 13.1. The van der Waals surface area contributed by atoms with Gasteiger partial charge in [-0.1, -0.05) is 0 Å². The van der Waals surface area contributed by atoms with E-state index in [4.69, 9.17) is 4.74 Å². The number of aromatic nitrogens is 2. The Morgan fingerprint density at radius 1 is 1.28 bits per heavy atom. The molecule has 0 fully saturated rings. The van der Waals surface area contributed by atoms with Crippen LogP contribution in [0, 0.1) is 6.92 Å². The van der Waals surface area contributed by atoms with Crippen LogP contribution in [-0.4, -0.2) is 17.1 Å². The Balaban J connectivity index is 2.48. The normalized spacial score (nSPS) is 10.4. The summed E-state index contributed by atoms with van der Waals surface area (Å²) in [6, 6.07) is 7.84. The van der Waals surface area contributed by atoms with Gasteiger partial charge in [0.15, 0.2) is 0 Å². The van der Waals surface area contributed by atoms with E-state index >= 15 is 0 Å². The van der Waals surface area contributed by atoms with Crippen molar-refractivity contribution in [3.8, 4) is 17.0 Å². The first kappa shape index (κ1) is 13.4. The Labute approximate surface area is 120 Å². The number of nitrogens with zero attached hydrogens (tertiary/aromatic N) is 2. The number of halogens is 1. The van der Waals surface area contributed by atoms with E-state index < -0.39 is 0 Å². The highest BCUT2D eigenvalue weighted by Crippen LogP contribution is 2.29. The maximum Gasteiger partial charge on any atom is 0.138 e. The highest BCUT2D eigenvalue weighted by Gasteiger charge is 2.07. The Morgan fingerprint density at radius 3 is 2.67 bits per heavy atom. The molecule has 1 aromatic carbocycles. The summed E-state index contributed by atoms with van der Waals surface area (Å²) in [4.78, 5) is 8.78. The molecule has 0 aliphatic heterocycles. The van der Waals surface area contributed by atoms with Gasteiger partial charge in [0.05, 0.1) is 23.0 Å². The Morgan fingerprint density at radius 2 is 2.06 bits per heavy atom. The van der Waals surface area contributed by atoms with Gasteiger partial charge in [-0.05, 0) is 47.1 Å². The van der Waals surface area contributed by atoms with E-state index in [1.807, 2.05) is 31.2 Å². The van der Waals surface area contributed by atoms with Gasteiger partial charge in [0.25, 0.3) is 0 Å². The summed E-state index contributed by atoms with van der Waals surface area (Å²) in [5, 5.41) is 0. The second-order valence-electron chi connectivity index (χ2n) is 3.82. The first-order chi connectivity index (χ1) is 8.63. The lowest BCUT2D eigenvalue weighted by molar-refractivity contribution is 0.412. The van der Waals surface area contributed by atoms with Gasteiger partial charge in [-0.3, -0.25) is 0 Å². The molecule has 1 heterocycles. The van der Waals surface area contributed by atoms with Crippen molar-refractivity contribution in [3.05, 3.63) is 40.3 Å². The van der Waals surface area contributed by atoms with Crippen LogP contribution in [0.4, 0.5) is 0 Å². The third-order valence-corrected chi connectivity index (χ3v) is 3.39. The number of hydrogen-bond donors (Lipinski definition) is 1. The van der Waals surface area contributed by atoms with Gasteiger partial charge < -0.3 is 4.74 Å². The molecule has 2 aromatic rings. The van der Waals surface area contributed by atoms with Crippen LogP contribution in [-0.2, 0) is 5.75 Å². The molecule has 3 nitrogen and oxygen atoms in total. The largest absolute Gasteiger partial charge is 0.496 e. The van der Waals surface area contributed by atoms with Crippen LogP contribution in [0.3, 0.4) is 0 Å². The monoisotopic (exact) mass is 324 g/mol. The van der Waals surface area contributed by atoms with Crippen molar-refractivity contribution in [1.82, 2.24) is 9.97 Å². The summed E-state index contributed by atoms with van der Waals surface area (Å²) in [6.45, 7) is 1.96. The summed E-state index contributed by atoms with van der Waals surface area (Å²) >= 11 is 7.69. The van der Waals surface area contributed by atoms with Gasteiger partial charge in [0, 0.05) is 11.3 Å². The number of benzene rings is 1. The maximum atomic E-state index is 5.21. The lowest BCUT2D eigenvalue weighted by atomic mass is 10.1. The van der Waals surface area contributed by atoms with E-state index in [2.05, 4.69) is 38.5 Å². The molecule has 18 heavy (non-hydrogen) atoms. The van der Waals surface area contributed by atoms with Gasteiger partial charge in [0.1, 0.15) is 11.6 Å². The zero-order valence-electron chi connectivity index (χ0n) is 10.1. The molecule has 5 heteroatoms. The molecule has 0 spiro atoms. The smallest absolute Gasteiger partial charge is 0.138 e. The maximum absolute atomic E-state index is 5.21. The van der Waals surface area contributed by atoms with Crippen molar-refractivity contribution in [3.63, 3.8) is 0 Å². The first-order valence-corrected chi connectivity index (χ1v) is 6.86. The quantitative estimate of drug-likeness (QED) is 0.875. The molecule has 1 aromatic heterocycles. The lowest BCUT2D eigenvalue weighted by Gasteiger charge is -2.07. The summed E-state index contributed by atoms with van der Waals surface area (Å²) in [5.74, 6) is 2.07. The van der Waals surface area contributed by atoms with Gasteiger partial charge in [-0.15, -0.1) is 0 Å². The average molecular weight is 325 g/mol. The summed E-state index contributed by atoms with van der Waals surface area (Å²) in [5.41, 5.74) is 2.86. The van der Waals surface area contributed by atoms with Crippen molar-refractivity contribution in [2.75, 3.05) is 7.11 Å². The fourth-order valence-electron chi connectivity index (χ4n) is 1.67. The third-order valence-electron chi connectivity index (χ3n) is 2.49. The van der Waals surface area contributed by atoms with E-state index in [-0.39, 0.29) is 0 Å². The molecular formula is C13H13BrN2OS. The number of aryl methyl sites for hydroxylation is 1. The van der Waals surface area contributed by atoms with E-state index in [1.165, 1.54) is 0 Å². The standard InChI is InChI=1S/C13H13BrN2OS/c1-8-5-11(16-13(7-18)15-8)9-3-4-12(17-2)10(14)6-9/h3-6,18H,7H2,1-2H3. The van der Waals surface area contributed by atoms with E-state index in [1.54, 1.807) is 7.11 Å². The van der Waals surface area contributed by atoms with Crippen LogP contribution in [0.25, 0.3) is 11.3 Å². The van der Waals surface area contributed by atoms with Crippen molar-refractivity contribution in [2.24, 2.45) is 0 Å². The highest BCUT2D eigenvalue weighted by molar-refractivity contribution is 9.10. The Kier molecular flexibility index (Phi) is 4.24. The van der Waals surface area contributed by atoms with E-state index in [9.17, 15) is 0 Å². The summed E-state index contributed by atoms with van der Waals surface area (Å²) < 4.78 is 6.12. The predicted molar refractivity (Wildman–Crippen MR) is 79.1 cm³/mol. The molecule has 0 saturated heterocycles. The fraction of sp³-hybridized carbons (Fsp3) is 0.231. The molecule has 0 aliphatic rings. The minimum atomic E-state index is 0.534. The van der Waals surface area contributed by atoms with Crippen molar-refractivity contribution < 1.29 is 4.74 Å². The molecule has 0 N–H and O–H groups in total. The zero-order valence-corrected chi connectivity index (χ0v) is 12.6. The van der Waals surface area contributed by atoms with Gasteiger partial charge >= 0.3 is 0 Å². The molecule has 0 aliphatic carbocycles. The molecule has 0 radical (unpaired) electrons. The Bertz CT molecular complexity index is 575. The lowest BCUT2D eigenvalue weighted by Crippen LogP contribution is -1.96. The second kappa shape index (κ2) is 5.71. The molecule has 0 atom stereocenters. The van der Waals surface area contributed by atoms with Crippen LogP contribution < -0.4 is 4.74 Å². The molecule has 0 saturated carbocycles. The Hall–Kier alpha value is -1.07. The number of ether oxygens (including phenoxy) is 1. The topological polar surface area (TPSA) is 35.0 Å².